The number of benzene rings is 1. The first-order valence-corrected chi connectivity index (χ1v) is 6.40. The van der Waals surface area contributed by atoms with Gasteiger partial charge in [-0.2, -0.15) is 30.7 Å². The number of hydrogen-bond acceptors (Lipinski definition) is 3. The minimum atomic E-state index is -6.03. The Morgan fingerprint density at radius 3 is 2.24 bits per heavy atom. The summed E-state index contributed by atoms with van der Waals surface area (Å²) in [5.41, 5.74) is -0.667. The molecule has 0 unspecified atom stereocenters. The molecule has 2 rings (SSSR count). The maximum atomic E-state index is 12.9. The van der Waals surface area contributed by atoms with Crippen molar-refractivity contribution in [1.29, 1.82) is 0 Å². The van der Waals surface area contributed by atoms with Gasteiger partial charge in [-0.3, -0.25) is 4.79 Å². The molecular weight excluding hydrogens is 364 g/mol. The molecule has 0 saturated carbocycles. The molecule has 0 radical (unpaired) electrons. The van der Waals surface area contributed by atoms with Crippen molar-refractivity contribution in [3.05, 3.63) is 16.1 Å². The molecule has 0 aromatic heterocycles. The van der Waals surface area contributed by atoms with E-state index in [1.165, 1.54) is 5.32 Å². The average molecular weight is 366 g/mol. The molecule has 0 spiro atoms. The van der Waals surface area contributed by atoms with E-state index in [4.69, 9.17) is 23.2 Å². The van der Waals surface area contributed by atoms with Gasteiger partial charge in [0.15, 0.2) is 0 Å². The van der Waals surface area contributed by atoms with Gasteiger partial charge in [-0.25, -0.2) is 0 Å². The van der Waals surface area contributed by atoms with Gasteiger partial charge in [0.2, 0.25) is 0 Å². The van der Waals surface area contributed by atoms with Crippen LogP contribution in [0.3, 0.4) is 0 Å². The number of rotatable bonds is 2. The molecule has 1 aromatic carbocycles. The smallest absolute Gasteiger partial charge is 0.317 e. The zero-order valence-corrected chi connectivity index (χ0v) is 11.8. The van der Waals surface area contributed by atoms with E-state index in [1.807, 2.05) is 0 Å². The second-order valence-corrected chi connectivity index (χ2v) is 5.05. The van der Waals surface area contributed by atoms with Crippen LogP contribution >= 0.6 is 23.2 Å². The van der Waals surface area contributed by atoms with Crippen molar-refractivity contribution in [2.75, 3.05) is 5.32 Å². The van der Waals surface area contributed by atoms with Crippen LogP contribution in [0.5, 0.6) is 0 Å². The molecule has 0 aliphatic carbocycles. The Kier molecular flexibility index (Phi) is 3.98. The number of carbonyl (C=O) groups is 1. The fraction of sp³-hybridized carbons (Fsp3) is 0.222. The predicted molar refractivity (Wildman–Crippen MR) is 67.6 cm³/mol. The molecule has 114 valence electrons. The number of fused-ring (bicyclic) bond motifs is 1. The minimum absolute atomic E-state index is 0.0179. The number of nitrogens with zero attached hydrogens (tertiary/aromatic N) is 2. The number of carbonyl (C=O) groups excluding carboxylic acids is 1. The highest BCUT2D eigenvalue weighted by atomic mass is 35.5. The van der Waals surface area contributed by atoms with Crippen molar-refractivity contribution in [3.8, 4) is 0 Å². The molecule has 0 fully saturated rings. The van der Waals surface area contributed by atoms with Crippen LogP contribution in [-0.2, 0) is 16.1 Å². The Balaban J connectivity index is 2.41. The molecular formula is C9H2Cl2F5N3OS. The zero-order valence-electron chi connectivity index (χ0n) is 9.43. The van der Waals surface area contributed by atoms with Crippen LogP contribution in [0.15, 0.2) is 14.8 Å². The Hall–Kier alpha value is -1.26. The van der Waals surface area contributed by atoms with E-state index in [2.05, 4.69) is 8.73 Å². The van der Waals surface area contributed by atoms with Crippen LogP contribution in [-0.4, -0.2) is 18.0 Å². The first-order valence-electron chi connectivity index (χ1n) is 4.92. The second-order valence-electron chi connectivity index (χ2n) is 3.70. The largest absolute Gasteiger partial charge is 0.463 e. The van der Waals surface area contributed by atoms with Gasteiger partial charge < -0.3 is 5.32 Å². The van der Waals surface area contributed by atoms with E-state index >= 15 is 0 Å². The van der Waals surface area contributed by atoms with Crippen molar-refractivity contribution >= 4 is 57.5 Å². The number of alkyl halides is 5. The lowest BCUT2D eigenvalue weighted by Crippen LogP contribution is -2.47. The van der Waals surface area contributed by atoms with Gasteiger partial charge >= 0.3 is 18.0 Å². The number of halogens is 7. The average Bonchev–Trinajstić information content (AvgIpc) is 2.82. The first kappa shape index (κ1) is 16.1. The molecule has 1 N–H and O–H groups in total. The van der Waals surface area contributed by atoms with E-state index in [1.54, 1.807) is 0 Å². The maximum absolute atomic E-state index is 12.9. The third-order valence-corrected chi connectivity index (χ3v) is 3.44. The summed E-state index contributed by atoms with van der Waals surface area (Å²) in [6, 6.07) is 1.05. The summed E-state index contributed by atoms with van der Waals surface area (Å²) < 4.78 is 69.5. The van der Waals surface area contributed by atoms with E-state index in [0.717, 1.165) is 6.07 Å². The summed E-state index contributed by atoms with van der Waals surface area (Å²) in [4.78, 5) is 11.2. The Morgan fingerprint density at radius 2 is 1.67 bits per heavy atom. The molecule has 21 heavy (non-hydrogen) atoms. The van der Waals surface area contributed by atoms with Gasteiger partial charge in [0, 0.05) is 0 Å². The molecule has 1 amide bonds. The lowest BCUT2D eigenvalue weighted by atomic mass is 10.2. The zero-order chi connectivity index (χ0) is 16.0. The monoisotopic (exact) mass is 365 g/mol. The summed E-state index contributed by atoms with van der Waals surface area (Å²) in [6.45, 7) is 0. The summed E-state index contributed by atoms with van der Waals surface area (Å²) in [5.74, 6) is -8.15. The van der Waals surface area contributed by atoms with Gasteiger partial charge in [0.1, 0.15) is 11.4 Å². The van der Waals surface area contributed by atoms with Crippen LogP contribution in [0.1, 0.15) is 0 Å². The van der Waals surface area contributed by atoms with Crippen molar-refractivity contribution in [3.63, 3.8) is 0 Å². The molecule has 1 heterocycles. The van der Waals surface area contributed by atoms with E-state index in [0.29, 0.717) is 11.4 Å². The predicted octanol–water partition coefficient (Wildman–Crippen LogP) is 4.86. The number of nitrogens with one attached hydrogen (secondary N) is 1. The van der Waals surface area contributed by atoms with Gasteiger partial charge in [-0.15, -0.1) is 0 Å². The Morgan fingerprint density at radius 1 is 1.10 bits per heavy atom. The van der Waals surface area contributed by atoms with Crippen molar-refractivity contribution in [2.45, 2.75) is 12.1 Å². The van der Waals surface area contributed by atoms with E-state index in [-0.39, 0.29) is 21.4 Å². The van der Waals surface area contributed by atoms with E-state index < -0.39 is 23.7 Å². The summed E-state index contributed by atoms with van der Waals surface area (Å²) in [7, 11) is 0. The van der Waals surface area contributed by atoms with Crippen LogP contribution in [0.4, 0.5) is 39.0 Å². The highest BCUT2D eigenvalue weighted by Gasteiger charge is 2.63. The highest BCUT2D eigenvalue weighted by Crippen LogP contribution is 2.48. The second kappa shape index (κ2) is 5.18. The van der Waals surface area contributed by atoms with Gasteiger partial charge in [-0.05, 0) is 6.07 Å². The Labute approximate surface area is 127 Å². The SMILES string of the molecule is O=C(Nc1c(Cl)cc(Cl)c2c1N=S=N2)C(F)(F)C(F)(F)F. The Bertz CT molecular complexity index is 700. The number of amides is 1. The summed E-state index contributed by atoms with van der Waals surface area (Å²) in [6.07, 6.45) is -6.03. The summed E-state index contributed by atoms with van der Waals surface area (Å²) in [5, 5.41) is 1.09. The molecule has 1 aromatic rings. The van der Waals surface area contributed by atoms with Crippen LogP contribution in [0, 0.1) is 0 Å². The molecule has 1 aliphatic heterocycles. The third kappa shape index (κ3) is 2.74. The number of anilines is 1. The maximum Gasteiger partial charge on any atom is 0.463 e. The molecule has 12 heteroatoms. The molecule has 0 bridgehead atoms. The standard InChI is InChI=1S/C9H2Cl2F5N3OS/c10-2-1-3(11)5-6(19-21-18-5)4(2)17-7(20)8(12,13)9(14,15)16/h1H,(H,17,20). The molecule has 1 aliphatic rings. The van der Waals surface area contributed by atoms with Crippen molar-refractivity contribution in [1.82, 2.24) is 0 Å². The van der Waals surface area contributed by atoms with Crippen molar-refractivity contribution < 1.29 is 26.7 Å². The fourth-order valence-electron chi connectivity index (χ4n) is 1.31. The van der Waals surface area contributed by atoms with Crippen LogP contribution < -0.4 is 5.32 Å². The van der Waals surface area contributed by atoms with Gasteiger partial charge in [-0.1, -0.05) is 23.2 Å². The molecule has 0 saturated heterocycles. The first-order chi connectivity index (χ1) is 9.55. The molecule has 4 nitrogen and oxygen atoms in total. The van der Waals surface area contributed by atoms with Gasteiger partial charge in [0.05, 0.1) is 27.1 Å². The normalized spacial score (nSPS) is 13.9. The van der Waals surface area contributed by atoms with Gasteiger partial charge in [0.25, 0.3) is 0 Å². The quantitative estimate of drug-likeness (QED) is 0.759. The number of hydrogen-bond donors (Lipinski definition) is 1. The molecule has 0 atom stereocenters. The lowest BCUT2D eigenvalue weighted by Gasteiger charge is -2.19. The van der Waals surface area contributed by atoms with Crippen molar-refractivity contribution in [2.24, 2.45) is 8.73 Å². The third-order valence-electron chi connectivity index (χ3n) is 2.32. The topological polar surface area (TPSA) is 53.8 Å². The van der Waals surface area contributed by atoms with E-state index in [9.17, 15) is 26.7 Å². The van der Waals surface area contributed by atoms with Crippen LogP contribution in [0.25, 0.3) is 0 Å². The fourth-order valence-corrected chi connectivity index (χ4v) is 2.47. The summed E-state index contributed by atoms with van der Waals surface area (Å²) >= 11 is 12.1. The lowest BCUT2D eigenvalue weighted by molar-refractivity contribution is -0.267. The minimum Gasteiger partial charge on any atom is -0.317 e. The van der Waals surface area contributed by atoms with Crippen LogP contribution in [0.2, 0.25) is 10.0 Å². The highest BCUT2D eigenvalue weighted by molar-refractivity contribution is 7.58.